The Bertz CT molecular complexity index is 761. The first-order valence-electron chi connectivity index (χ1n) is 8.99. The average Bonchev–Trinajstić information content (AvgIpc) is 3.12. The number of likely N-dealkylation sites (tertiary alicyclic amines) is 1. The van der Waals surface area contributed by atoms with Gasteiger partial charge in [0, 0.05) is 32.8 Å². The summed E-state index contributed by atoms with van der Waals surface area (Å²) in [7, 11) is 1.78. The second-order valence-corrected chi connectivity index (χ2v) is 6.61. The van der Waals surface area contributed by atoms with Gasteiger partial charge < -0.3 is 16.0 Å². The van der Waals surface area contributed by atoms with E-state index in [2.05, 4.69) is 20.3 Å². The van der Waals surface area contributed by atoms with Crippen LogP contribution in [0, 0.1) is 5.92 Å². The van der Waals surface area contributed by atoms with Gasteiger partial charge in [-0.1, -0.05) is 18.2 Å². The summed E-state index contributed by atoms with van der Waals surface area (Å²) in [6.45, 7) is 2.35. The van der Waals surface area contributed by atoms with Crippen LogP contribution in [0.2, 0.25) is 0 Å². The molecule has 3 rings (SSSR count). The number of para-hydroxylation sites is 1. The van der Waals surface area contributed by atoms with E-state index in [0.717, 1.165) is 43.3 Å². The molecule has 3 N–H and O–H groups in total. The second-order valence-electron chi connectivity index (χ2n) is 6.61. The first kappa shape index (κ1) is 21.2. The first-order chi connectivity index (χ1) is 12.7. The Kier molecular flexibility index (Phi) is 8.08. The molecule has 0 spiro atoms. The number of aromatic nitrogens is 2. The van der Waals surface area contributed by atoms with Crippen molar-refractivity contribution in [3.63, 3.8) is 0 Å². The number of nitrogens with zero attached hydrogens (tertiary/aromatic N) is 4. The Morgan fingerprint density at radius 1 is 1.33 bits per heavy atom. The highest BCUT2D eigenvalue weighted by atomic mass is 127. The maximum Gasteiger partial charge on any atom is 0.217 e. The molecule has 1 unspecified atom stereocenters. The Balaban J connectivity index is 0.00000261. The number of halogens is 1. The van der Waals surface area contributed by atoms with Crippen LogP contribution in [0.3, 0.4) is 0 Å². The van der Waals surface area contributed by atoms with Crippen molar-refractivity contribution in [1.82, 2.24) is 20.0 Å². The molecule has 1 aromatic carbocycles. The van der Waals surface area contributed by atoms with Gasteiger partial charge in [-0.2, -0.15) is 5.10 Å². The summed E-state index contributed by atoms with van der Waals surface area (Å²) >= 11 is 0. The third-order valence-electron chi connectivity index (χ3n) is 4.61. The van der Waals surface area contributed by atoms with Gasteiger partial charge in [-0.3, -0.25) is 9.79 Å². The number of benzene rings is 1. The second kappa shape index (κ2) is 10.3. The summed E-state index contributed by atoms with van der Waals surface area (Å²) in [4.78, 5) is 17.8. The largest absolute Gasteiger partial charge is 0.370 e. The molecule has 1 aliphatic rings. The Morgan fingerprint density at radius 3 is 2.81 bits per heavy atom. The molecule has 1 aliphatic heterocycles. The standard InChI is InChI=1S/C19H26N6O.HI/c1-21-19(24-10-5-6-15(14-24)12-18(20)26)22-13-16-9-11-25(23-16)17-7-3-2-4-8-17;/h2-4,7-9,11,15H,5-6,10,12-14H2,1H3,(H2,20,26)(H,21,22);1H. The maximum atomic E-state index is 11.2. The quantitative estimate of drug-likeness (QED) is 0.389. The van der Waals surface area contributed by atoms with Crippen molar-refractivity contribution in [3.8, 4) is 5.69 Å². The van der Waals surface area contributed by atoms with Crippen molar-refractivity contribution in [3.05, 3.63) is 48.3 Å². The van der Waals surface area contributed by atoms with Crippen molar-refractivity contribution in [2.45, 2.75) is 25.8 Å². The molecule has 2 aromatic rings. The van der Waals surface area contributed by atoms with Crippen LogP contribution in [-0.4, -0.2) is 46.7 Å². The van der Waals surface area contributed by atoms with Gasteiger partial charge in [0.1, 0.15) is 0 Å². The number of carbonyl (C=O) groups is 1. The van der Waals surface area contributed by atoms with E-state index in [-0.39, 0.29) is 29.9 Å². The predicted octanol–water partition coefficient (Wildman–Crippen LogP) is 2.15. The summed E-state index contributed by atoms with van der Waals surface area (Å²) in [6.07, 6.45) is 4.48. The highest BCUT2D eigenvalue weighted by molar-refractivity contribution is 14.0. The van der Waals surface area contributed by atoms with Gasteiger partial charge in [-0.25, -0.2) is 4.68 Å². The van der Waals surface area contributed by atoms with Gasteiger partial charge in [0.25, 0.3) is 0 Å². The lowest BCUT2D eigenvalue weighted by atomic mass is 9.95. The molecule has 8 heteroatoms. The number of hydrogen-bond donors (Lipinski definition) is 2. The van der Waals surface area contributed by atoms with Crippen LogP contribution >= 0.6 is 24.0 Å². The van der Waals surface area contributed by atoms with Crippen LogP contribution in [0.1, 0.15) is 25.0 Å². The smallest absolute Gasteiger partial charge is 0.217 e. The van der Waals surface area contributed by atoms with E-state index in [1.54, 1.807) is 7.05 Å². The highest BCUT2D eigenvalue weighted by Gasteiger charge is 2.23. The van der Waals surface area contributed by atoms with Gasteiger partial charge in [0.15, 0.2) is 5.96 Å². The molecule has 27 heavy (non-hydrogen) atoms. The summed E-state index contributed by atoms with van der Waals surface area (Å²) in [5, 5.41) is 7.98. The molecule has 1 amide bonds. The van der Waals surface area contributed by atoms with Crippen LogP contribution < -0.4 is 11.1 Å². The molecule has 146 valence electrons. The van der Waals surface area contributed by atoms with Crippen molar-refractivity contribution in [1.29, 1.82) is 0 Å². The number of nitrogens with two attached hydrogens (primary N) is 1. The predicted molar refractivity (Wildman–Crippen MR) is 117 cm³/mol. The van der Waals surface area contributed by atoms with Crippen molar-refractivity contribution >= 4 is 35.8 Å². The number of nitrogens with one attached hydrogen (secondary N) is 1. The number of amides is 1. The normalized spacial score (nSPS) is 17.3. The molecule has 1 aromatic heterocycles. The number of guanidine groups is 1. The lowest BCUT2D eigenvalue weighted by Gasteiger charge is -2.34. The average molecular weight is 482 g/mol. The first-order valence-corrected chi connectivity index (χ1v) is 8.99. The summed E-state index contributed by atoms with van der Waals surface area (Å²) < 4.78 is 1.86. The van der Waals surface area contributed by atoms with Gasteiger partial charge in [-0.05, 0) is 37.0 Å². The number of carbonyl (C=O) groups excluding carboxylic acids is 1. The Labute approximate surface area is 177 Å². The molecule has 0 saturated carbocycles. The van der Waals surface area contributed by atoms with E-state index < -0.39 is 0 Å². The lowest BCUT2D eigenvalue weighted by molar-refractivity contribution is -0.119. The van der Waals surface area contributed by atoms with Gasteiger partial charge >= 0.3 is 0 Å². The molecule has 2 heterocycles. The summed E-state index contributed by atoms with van der Waals surface area (Å²) in [5.41, 5.74) is 7.33. The molecular weight excluding hydrogens is 455 g/mol. The fourth-order valence-electron chi connectivity index (χ4n) is 3.39. The molecule has 1 saturated heterocycles. The van der Waals surface area contributed by atoms with Crippen LogP contribution in [0.4, 0.5) is 0 Å². The SMILES string of the molecule is CN=C(NCc1ccn(-c2ccccc2)n1)N1CCCC(CC(N)=O)C1.I. The third kappa shape index (κ3) is 5.95. The monoisotopic (exact) mass is 482 g/mol. The fraction of sp³-hybridized carbons (Fsp3) is 0.421. The molecule has 0 aliphatic carbocycles. The zero-order valence-corrected chi connectivity index (χ0v) is 17.9. The van der Waals surface area contributed by atoms with Crippen LogP contribution in [0.5, 0.6) is 0 Å². The Hall–Kier alpha value is -2.10. The van der Waals surface area contributed by atoms with Crippen molar-refractivity contribution in [2.24, 2.45) is 16.6 Å². The van der Waals surface area contributed by atoms with E-state index in [4.69, 9.17) is 5.73 Å². The molecule has 0 bridgehead atoms. The molecule has 0 radical (unpaired) electrons. The van der Waals surface area contributed by atoms with Gasteiger partial charge in [0.2, 0.25) is 5.91 Å². The number of primary amides is 1. The molecule has 1 fully saturated rings. The summed E-state index contributed by atoms with van der Waals surface area (Å²) in [5.74, 6) is 0.914. The molecule has 1 atom stereocenters. The third-order valence-corrected chi connectivity index (χ3v) is 4.61. The summed E-state index contributed by atoms with van der Waals surface area (Å²) in [6, 6.07) is 12.0. The molecule has 7 nitrogen and oxygen atoms in total. The van der Waals surface area contributed by atoms with Gasteiger partial charge in [-0.15, -0.1) is 24.0 Å². The van der Waals surface area contributed by atoms with Crippen LogP contribution in [0.15, 0.2) is 47.6 Å². The van der Waals surface area contributed by atoms with Crippen LogP contribution in [0.25, 0.3) is 5.69 Å². The molecular formula is C19H27IN6O. The minimum atomic E-state index is -0.230. The van der Waals surface area contributed by atoms with E-state index in [0.29, 0.717) is 18.9 Å². The van der Waals surface area contributed by atoms with E-state index in [1.165, 1.54) is 0 Å². The topological polar surface area (TPSA) is 88.5 Å². The zero-order valence-electron chi connectivity index (χ0n) is 15.5. The number of aliphatic imine (C=N–C) groups is 1. The highest BCUT2D eigenvalue weighted by Crippen LogP contribution is 2.19. The fourth-order valence-corrected chi connectivity index (χ4v) is 3.39. The van der Waals surface area contributed by atoms with Crippen molar-refractivity contribution in [2.75, 3.05) is 20.1 Å². The number of rotatable bonds is 5. The minimum absolute atomic E-state index is 0. The van der Waals surface area contributed by atoms with Gasteiger partial charge in [0.05, 0.1) is 17.9 Å². The van der Waals surface area contributed by atoms with E-state index in [1.807, 2.05) is 47.3 Å². The lowest BCUT2D eigenvalue weighted by Crippen LogP contribution is -2.47. The number of hydrogen-bond acceptors (Lipinski definition) is 3. The minimum Gasteiger partial charge on any atom is -0.370 e. The van der Waals surface area contributed by atoms with E-state index >= 15 is 0 Å². The van der Waals surface area contributed by atoms with E-state index in [9.17, 15) is 4.79 Å². The number of piperidine rings is 1. The van der Waals surface area contributed by atoms with Crippen molar-refractivity contribution < 1.29 is 4.79 Å². The maximum absolute atomic E-state index is 11.2. The van der Waals surface area contributed by atoms with Crippen LogP contribution in [-0.2, 0) is 11.3 Å². The Morgan fingerprint density at radius 2 is 2.11 bits per heavy atom. The zero-order chi connectivity index (χ0) is 18.4.